The lowest BCUT2D eigenvalue weighted by Crippen LogP contribution is -2.39. The van der Waals surface area contributed by atoms with Crippen LogP contribution in [0.2, 0.25) is 0 Å². The average molecular weight is 506 g/mol. The number of methoxy groups -OCH3 is 1. The second-order valence-corrected chi connectivity index (χ2v) is 9.32. The monoisotopic (exact) mass is 505 g/mol. The second kappa shape index (κ2) is 11.0. The Morgan fingerprint density at radius 2 is 1.86 bits per heavy atom. The first kappa shape index (κ1) is 25.4. The summed E-state index contributed by atoms with van der Waals surface area (Å²) in [6.45, 7) is 9.79. The summed E-state index contributed by atoms with van der Waals surface area (Å²) in [5.41, 5.74) is 3.41. The summed E-state index contributed by atoms with van der Waals surface area (Å²) in [4.78, 5) is 34.1. The number of allylic oxidation sites excluding steroid dienone is 1. The van der Waals surface area contributed by atoms with E-state index in [1.807, 2.05) is 54.6 Å². The molecule has 1 atom stereocenters. The molecule has 1 aromatic heterocycles. The van der Waals surface area contributed by atoms with E-state index in [1.165, 1.54) is 11.3 Å². The Hall–Kier alpha value is -3.65. The second-order valence-electron chi connectivity index (χ2n) is 8.31. The molecule has 0 fully saturated rings. The van der Waals surface area contributed by atoms with E-state index in [1.54, 1.807) is 25.5 Å². The fourth-order valence-corrected chi connectivity index (χ4v) is 5.53. The SMILES string of the molecule is CCOC(=O)C1=C(C)N=c2s/c(=C\c3ccc(N(CC)CC)cc3OC)c(=O)n2C1c1ccccc1. The van der Waals surface area contributed by atoms with Gasteiger partial charge in [0.25, 0.3) is 5.56 Å². The zero-order valence-corrected chi connectivity index (χ0v) is 22.1. The Labute approximate surface area is 214 Å². The number of benzene rings is 2. The van der Waals surface area contributed by atoms with Crippen LogP contribution in [0.25, 0.3) is 6.08 Å². The van der Waals surface area contributed by atoms with Gasteiger partial charge in [-0.3, -0.25) is 9.36 Å². The van der Waals surface area contributed by atoms with E-state index in [2.05, 4.69) is 23.7 Å². The number of carbonyl (C=O) groups excluding carboxylic acids is 1. The number of nitrogens with zero attached hydrogens (tertiary/aromatic N) is 3. The Kier molecular flexibility index (Phi) is 7.74. The zero-order valence-electron chi connectivity index (χ0n) is 21.3. The number of rotatable bonds is 8. The lowest BCUT2D eigenvalue weighted by molar-refractivity contribution is -0.139. The quantitative estimate of drug-likeness (QED) is 0.437. The van der Waals surface area contributed by atoms with Gasteiger partial charge in [0.15, 0.2) is 4.80 Å². The molecule has 0 saturated carbocycles. The minimum Gasteiger partial charge on any atom is -0.496 e. The summed E-state index contributed by atoms with van der Waals surface area (Å²) < 4.78 is 13.1. The molecule has 36 heavy (non-hydrogen) atoms. The minimum absolute atomic E-state index is 0.211. The molecule has 0 saturated heterocycles. The van der Waals surface area contributed by atoms with Crippen molar-refractivity contribution in [3.63, 3.8) is 0 Å². The average Bonchev–Trinajstić information content (AvgIpc) is 3.19. The summed E-state index contributed by atoms with van der Waals surface area (Å²) in [6, 6.07) is 14.9. The highest BCUT2D eigenvalue weighted by atomic mass is 32.1. The summed E-state index contributed by atoms with van der Waals surface area (Å²) in [5.74, 6) is 0.226. The molecule has 1 unspecified atom stereocenters. The fourth-order valence-electron chi connectivity index (χ4n) is 4.49. The molecule has 188 valence electrons. The molecule has 0 N–H and O–H groups in total. The number of fused-ring (bicyclic) bond motifs is 1. The molecule has 3 aromatic rings. The molecule has 0 spiro atoms. The van der Waals surface area contributed by atoms with Crippen molar-refractivity contribution in [1.82, 2.24) is 4.57 Å². The van der Waals surface area contributed by atoms with Crippen molar-refractivity contribution >= 4 is 29.1 Å². The van der Waals surface area contributed by atoms with Crippen molar-refractivity contribution in [2.75, 3.05) is 31.7 Å². The van der Waals surface area contributed by atoms with Crippen molar-refractivity contribution in [3.05, 3.63) is 90.6 Å². The van der Waals surface area contributed by atoms with E-state index in [0.717, 1.165) is 29.9 Å². The van der Waals surface area contributed by atoms with Gasteiger partial charge in [-0.1, -0.05) is 41.7 Å². The Balaban J connectivity index is 1.89. The van der Waals surface area contributed by atoms with Gasteiger partial charge < -0.3 is 14.4 Å². The van der Waals surface area contributed by atoms with E-state index in [9.17, 15) is 9.59 Å². The molecule has 4 rings (SSSR count). The number of ether oxygens (including phenoxy) is 2. The van der Waals surface area contributed by atoms with Crippen LogP contribution in [0.15, 0.2) is 69.6 Å². The van der Waals surface area contributed by atoms with Gasteiger partial charge in [-0.05, 0) is 51.5 Å². The van der Waals surface area contributed by atoms with Crippen molar-refractivity contribution in [2.24, 2.45) is 4.99 Å². The molecular weight excluding hydrogens is 474 g/mol. The van der Waals surface area contributed by atoms with E-state index in [0.29, 0.717) is 26.4 Å². The third-order valence-corrected chi connectivity index (χ3v) is 7.25. The molecule has 2 heterocycles. The van der Waals surface area contributed by atoms with Crippen LogP contribution in [0.1, 0.15) is 44.9 Å². The Bertz CT molecular complexity index is 1470. The van der Waals surface area contributed by atoms with Crippen LogP contribution in [0.5, 0.6) is 5.75 Å². The van der Waals surface area contributed by atoms with Crippen LogP contribution in [0, 0.1) is 0 Å². The van der Waals surface area contributed by atoms with Gasteiger partial charge in [0, 0.05) is 30.4 Å². The van der Waals surface area contributed by atoms with Gasteiger partial charge in [-0.25, -0.2) is 9.79 Å². The first-order valence-electron chi connectivity index (χ1n) is 12.1. The van der Waals surface area contributed by atoms with Crippen molar-refractivity contribution in [2.45, 2.75) is 33.7 Å². The first-order valence-corrected chi connectivity index (χ1v) is 12.9. The maximum atomic E-state index is 13.8. The van der Waals surface area contributed by atoms with E-state index in [-0.39, 0.29) is 12.2 Å². The van der Waals surface area contributed by atoms with E-state index < -0.39 is 12.0 Å². The van der Waals surface area contributed by atoms with Gasteiger partial charge >= 0.3 is 5.97 Å². The van der Waals surface area contributed by atoms with Gasteiger partial charge in [-0.2, -0.15) is 0 Å². The zero-order chi connectivity index (χ0) is 25.8. The number of thiazole rings is 1. The van der Waals surface area contributed by atoms with E-state index >= 15 is 0 Å². The first-order chi connectivity index (χ1) is 17.4. The highest BCUT2D eigenvalue weighted by Crippen LogP contribution is 2.31. The number of carbonyl (C=O) groups is 1. The number of hydrogen-bond donors (Lipinski definition) is 0. The highest BCUT2D eigenvalue weighted by Gasteiger charge is 2.33. The molecule has 0 amide bonds. The predicted molar refractivity (Wildman–Crippen MR) is 143 cm³/mol. The minimum atomic E-state index is -0.615. The van der Waals surface area contributed by atoms with Crippen molar-refractivity contribution in [3.8, 4) is 5.75 Å². The Morgan fingerprint density at radius 1 is 1.14 bits per heavy atom. The van der Waals surface area contributed by atoms with Crippen LogP contribution in [0.3, 0.4) is 0 Å². The molecule has 2 aromatic carbocycles. The third-order valence-electron chi connectivity index (χ3n) is 6.26. The standard InChI is InChI=1S/C28H31N3O4S/c1-6-30(7-2)21-15-14-20(22(17-21)34-5)16-23-26(32)31-25(19-12-10-9-11-13-19)24(27(33)35-8-3)18(4)29-28(31)36-23/h9-17,25H,6-8H2,1-5H3/b23-16-. The molecule has 0 bridgehead atoms. The molecule has 0 radical (unpaired) electrons. The smallest absolute Gasteiger partial charge is 0.338 e. The van der Waals surface area contributed by atoms with Crippen LogP contribution >= 0.6 is 11.3 Å². The van der Waals surface area contributed by atoms with Gasteiger partial charge in [0.2, 0.25) is 0 Å². The largest absolute Gasteiger partial charge is 0.496 e. The number of esters is 1. The lowest BCUT2D eigenvalue weighted by Gasteiger charge is -2.24. The summed E-state index contributed by atoms with van der Waals surface area (Å²) in [7, 11) is 1.63. The molecular formula is C28H31N3O4S. The predicted octanol–water partition coefficient (Wildman–Crippen LogP) is 3.65. The molecule has 0 aliphatic carbocycles. The number of anilines is 1. The van der Waals surface area contributed by atoms with Crippen molar-refractivity contribution < 1.29 is 14.3 Å². The maximum Gasteiger partial charge on any atom is 0.338 e. The summed E-state index contributed by atoms with van der Waals surface area (Å²) in [6.07, 6.45) is 1.83. The van der Waals surface area contributed by atoms with Gasteiger partial charge in [-0.15, -0.1) is 0 Å². The molecule has 8 heteroatoms. The van der Waals surface area contributed by atoms with E-state index in [4.69, 9.17) is 9.47 Å². The third kappa shape index (κ3) is 4.73. The van der Waals surface area contributed by atoms with Crippen LogP contribution < -0.4 is 24.5 Å². The summed E-state index contributed by atoms with van der Waals surface area (Å²) in [5, 5.41) is 0. The maximum absolute atomic E-state index is 13.8. The normalized spacial score (nSPS) is 15.4. The van der Waals surface area contributed by atoms with Crippen LogP contribution in [0.4, 0.5) is 5.69 Å². The summed E-state index contributed by atoms with van der Waals surface area (Å²) >= 11 is 1.30. The highest BCUT2D eigenvalue weighted by molar-refractivity contribution is 7.07. The topological polar surface area (TPSA) is 73.1 Å². The van der Waals surface area contributed by atoms with Gasteiger partial charge in [0.05, 0.1) is 35.6 Å². The molecule has 7 nitrogen and oxygen atoms in total. The van der Waals surface area contributed by atoms with Crippen LogP contribution in [-0.4, -0.2) is 37.3 Å². The van der Waals surface area contributed by atoms with Crippen molar-refractivity contribution in [1.29, 1.82) is 0 Å². The number of aromatic nitrogens is 1. The molecule has 1 aliphatic heterocycles. The van der Waals surface area contributed by atoms with Crippen LogP contribution in [-0.2, 0) is 9.53 Å². The van der Waals surface area contributed by atoms with Gasteiger partial charge in [0.1, 0.15) is 5.75 Å². The lowest BCUT2D eigenvalue weighted by atomic mass is 9.96. The Morgan fingerprint density at radius 3 is 2.50 bits per heavy atom. The number of hydrogen-bond acceptors (Lipinski definition) is 7. The fraction of sp³-hybridized carbons (Fsp3) is 0.321. The molecule has 1 aliphatic rings.